The van der Waals surface area contributed by atoms with E-state index < -0.39 is 0 Å². The highest BCUT2D eigenvalue weighted by molar-refractivity contribution is 7.99. The van der Waals surface area contributed by atoms with Gasteiger partial charge in [-0.3, -0.25) is 5.41 Å². The summed E-state index contributed by atoms with van der Waals surface area (Å²) in [6.07, 6.45) is 0. The third kappa shape index (κ3) is 2.66. The summed E-state index contributed by atoms with van der Waals surface area (Å²) in [7, 11) is 0. The van der Waals surface area contributed by atoms with Crippen molar-refractivity contribution in [2.75, 3.05) is 12.4 Å². The van der Waals surface area contributed by atoms with Crippen LogP contribution in [-0.4, -0.2) is 33.5 Å². The van der Waals surface area contributed by atoms with Crippen LogP contribution in [0.15, 0.2) is 5.03 Å². The molecule has 0 radical (unpaired) electrons. The van der Waals surface area contributed by atoms with Crippen molar-refractivity contribution in [2.45, 2.75) is 18.9 Å². The largest absolute Gasteiger partial charge is 0.396 e. The van der Waals surface area contributed by atoms with Crippen LogP contribution in [0, 0.1) is 19.3 Å². The average Bonchev–Trinajstić information content (AvgIpc) is 2.19. The minimum Gasteiger partial charge on any atom is -0.396 e. The summed E-state index contributed by atoms with van der Waals surface area (Å²) < 4.78 is 0. The van der Waals surface area contributed by atoms with Crippen LogP contribution in [0.2, 0.25) is 0 Å². The number of hydrogen-bond donors (Lipinski definition) is 3. The summed E-state index contributed by atoms with van der Waals surface area (Å²) in [6.45, 7) is 3.76. The lowest BCUT2D eigenvalue weighted by molar-refractivity contribution is 0.322. The molecule has 0 saturated heterocycles. The van der Waals surface area contributed by atoms with Crippen molar-refractivity contribution < 1.29 is 5.11 Å². The number of nitrogen functional groups attached to an aromatic ring is 1. The molecular weight excluding hydrogens is 212 g/mol. The number of aliphatic hydroxyl groups is 1. The minimum absolute atomic E-state index is 0.00839. The molecule has 0 aromatic carbocycles. The van der Waals surface area contributed by atoms with E-state index in [1.54, 1.807) is 0 Å². The van der Waals surface area contributed by atoms with Crippen molar-refractivity contribution in [2.24, 2.45) is 5.73 Å². The first-order valence-electron chi connectivity index (χ1n) is 4.49. The van der Waals surface area contributed by atoms with Crippen LogP contribution in [0.25, 0.3) is 0 Å². The molecule has 0 aliphatic rings. The number of hydrogen-bond acceptors (Lipinski definition) is 5. The van der Waals surface area contributed by atoms with Crippen LogP contribution in [-0.2, 0) is 0 Å². The number of amidine groups is 1. The van der Waals surface area contributed by atoms with Gasteiger partial charge in [0.1, 0.15) is 10.9 Å². The smallest absolute Gasteiger partial charge is 0.130 e. The van der Waals surface area contributed by atoms with Crippen LogP contribution >= 0.6 is 11.8 Å². The first kappa shape index (κ1) is 11.9. The predicted molar refractivity (Wildman–Crippen MR) is 60.3 cm³/mol. The monoisotopic (exact) mass is 226 g/mol. The normalized spacial score (nSPS) is 10.3. The summed E-state index contributed by atoms with van der Waals surface area (Å²) in [4.78, 5) is 0. The number of aliphatic hydroxyl groups excluding tert-OH is 1. The highest BCUT2D eigenvalue weighted by Crippen LogP contribution is 2.22. The van der Waals surface area contributed by atoms with Crippen molar-refractivity contribution >= 4 is 17.6 Å². The van der Waals surface area contributed by atoms with Gasteiger partial charge in [0.15, 0.2) is 0 Å². The van der Waals surface area contributed by atoms with Gasteiger partial charge < -0.3 is 10.8 Å². The summed E-state index contributed by atoms with van der Waals surface area (Å²) >= 11 is 1.35. The second kappa shape index (κ2) is 5.09. The van der Waals surface area contributed by atoms with E-state index in [0.717, 1.165) is 11.3 Å². The lowest BCUT2D eigenvalue weighted by Gasteiger charge is -2.10. The van der Waals surface area contributed by atoms with Gasteiger partial charge in [-0.25, -0.2) is 0 Å². The molecule has 5 nitrogen and oxygen atoms in total. The van der Waals surface area contributed by atoms with E-state index in [1.807, 2.05) is 13.8 Å². The molecule has 6 heteroatoms. The Balaban J connectivity index is 3.15. The van der Waals surface area contributed by atoms with Gasteiger partial charge in [-0.1, -0.05) is 0 Å². The van der Waals surface area contributed by atoms with Gasteiger partial charge in [-0.05, 0) is 19.4 Å². The molecule has 0 spiro atoms. The Morgan fingerprint density at radius 1 is 1.47 bits per heavy atom. The Kier molecular flexibility index (Phi) is 4.05. The molecule has 0 amide bonds. The molecule has 15 heavy (non-hydrogen) atoms. The second-order valence-corrected chi connectivity index (χ2v) is 4.16. The van der Waals surface area contributed by atoms with E-state index in [2.05, 4.69) is 10.2 Å². The van der Waals surface area contributed by atoms with Gasteiger partial charge in [-0.2, -0.15) is 5.10 Å². The third-order valence-corrected chi connectivity index (χ3v) is 2.97. The molecule has 0 aliphatic carbocycles. The first-order chi connectivity index (χ1) is 7.07. The average molecular weight is 226 g/mol. The fourth-order valence-electron chi connectivity index (χ4n) is 1.15. The molecule has 0 saturated carbocycles. The zero-order valence-electron chi connectivity index (χ0n) is 8.74. The van der Waals surface area contributed by atoms with Crippen molar-refractivity contribution in [1.29, 1.82) is 5.41 Å². The zero-order valence-corrected chi connectivity index (χ0v) is 9.56. The number of aromatic nitrogens is 2. The molecule has 1 rings (SSSR count). The second-order valence-electron chi connectivity index (χ2n) is 3.08. The first-order valence-corrected chi connectivity index (χ1v) is 5.48. The van der Waals surface area contributed by atoms with Gasteiger partial charge in [-0.15, -0.1) is 16.9 Å². The highest BCUT2D eigenvalue weighted by atomic mass is 32.2. The third-order valence-electron chi connectivity index (χ3n) is 2.02. The van der Waals surface area contributed by atoms with Crippen LogP contribution < -0.4 is 5.73 Å². The summed E-state index contributed by atoms with van der Waals surface area (Å²) in [6, 6.07) is 0. The Hall–Kier alpha value is -1.14. The fourth-order valence-corrected chi connectivity index (χ4v) is 1.94. The summed E-state index contributed by atoms with van der Waals surface area (Å²) in [5.74, 6) is 0.517. The minimum atomic E-state index is -0.00839. The van der Waals surface area contributed by atoms with Gasteiger partial charge in [0.05, 0.1) is 17.9 Å². The van der Waals surface area contributed by atoms with E-state index in [0.29, 0.717) is 16.3 Å². The molecule has 0 unspecified atom stereocenters. The van der Waals surface area contributed by atoms with Crippen molar-refractivity contribution in [1.82, 2.24) is 10.2 Å². The number of thioether (sulfide) groups is 1. The number of nitrogens with zero attached hydrogens (tertiary/aromatic N) is 2. The molecule has 1 aromatic heterocycles. The van der Waals surface area contributed by atoms with Crippen LogP contribution in [0.3, 0.4) is 0 Å². The maximum absolute atomic E-state index is 8.73. The van der Waals surface area contributed by atoms with E-state index >= 15 is 0 Å². The van der Waals surface area contributed by atoms with Crippen molar-refractivity contribution in [3.05, 3.63) is 16.8 Å². The zero-order chi connectivity index (χ0) is 11.4. The standard InChI is InChI=1S/C9H14N4OS/c1-5-6(2)12-13-9(15-4-3-14)7(5)8(10)11/h14H,3-4H2,1-2H3,(H3,10,11). The predicted octanol–water partition coefficient (Wildman–Crippen LogP) is 0.462. The number of nitrogens with one attached hydrogen (secondary N) is 1. The van der Waals surface area contributed by atoms with Crippen LogP contribution in [0.4, 0.5) is 0 Å². The molecule has 0 atom stereocenters. The number of aryl methyl sites for hydroxylation is 1. The van der Waals surface area contributed by atoms with E-state index in [1.165, 1.54) is 11.8 Å². The van der Waals surface area contributed by atoms with Gasteiger partial charge >= 0.3 is 0 Å². The van der Waals surface area contributed by atoms with Gasteiger partial charge in [0.25, 0.3) is 0 Å². The SMILES string of the molecule is Cc1nnc(SCCO)c(C(=N)N)c1C. The molecule has 82 valence electrons. The Labute approximate surface area is 92.6 Å². The Morgan fingerprint density at radius 2 is 2.13 bits per heavy atom. The van der Waals surface area contributed by atoms with Gasteiger partial charge in [0, 0.05) is 5.75 Å². The topological polar surface area (TPSA) is 95.9 Å². The molecule has 1 heterocycles. The van der Waals surface area contributed by atoms with Crippen molar-refractivity contribution in [3.63, 3.8) is 0 Å². The molecule has 0 bridgehead atoms. The van der Waals surface area contributed by atoms with Gasteiger partial charge in [0.2, 0.25) is 0 Å². The Morgan fingerprint density at radius 3 is 2.67 bits per heavy atom. The maximum atomic E-state index is 8.73. The quantitative estimate of drug-likeness (QED) is 0.394. The van der Waals surface area contributed by atoms with Crippen LogP contribution in [0.5, 0.6) is 0 Å². The molecule has 0 aliphatic heterocycles. The van der Waals surface area contributed by atoms with E-state index in [-0.39, 0.29) is 12.4 Å². The highest BCUT2D eigenvalue weighted by Gasteiger charge is 2.13. The number of nitrogens with two attached hydrogens (primary N) is 1. The Bertz CT molecular complexity index is 381. The summed E-state index contributed by atoms with van der Waals surface area (Å²) in [5.41, 5.74) is 7.77. The molecule has 1 aromatic rings. The fraction of sp³-hybridized carbons (Fsp3) is 0.444. The number of rotatable bonds is 4. The molecular formula is C9H14N4OS. The molecule has 0 fully saturated rings. The lowest BCUT2D eigenvalue weighted by atomic mass is 10.1. The van der Waals surface area contributed by atoms with Crippen molar-refractivity contribution in [3.8, 4) is 0 Å². The van der Waals surface area contributed by atoms with E-state index in [4.69, 9.17) is 16.2 Å². The molecule has 4 N–H and O–H groups in total. The van der Waals surface area contributed by atoms with Crippen LogP contribution in [0.1, 0.15) is 16.8 Å². The summed E-state index contributed by atoms with van der Waals surface area (Å²) in [5, 5.41) is 24.8. The lowest BCUT2D eigenvalue weighted by Crippen LogP contribution is -2.17. The maximum Gasteiger partial charge on any atom is 0.130 e. The van der Waals surface area contributed by atoms with E-state index in [9.17, 15) is 0 Å².